The van der Waals surface area contributed by atoms with Crippen LogP contribution in [-0.2, 0) is 21.6 Å². The zero-order valence-electron chi connectivity index (χ0n) is 16.0. The van der Waals surface area contributed by atoms with Gasteiger partial charge in [-0.25, -0.2) is 0 Å². The standard InChI is InChI=1S/C22H24O5/c1-13-10-16-19(22(3,4)11-17(23)27-16)18(14(2)21(24)25)20(13)26-12-15-8-6-5-7-9-15/h5-10,14H,11-12H2,1-4H3,(H,24,25). The molecule has 2 aromatic carbocycles. The largest absolute Gasteiger partial charge is 0.488 e. The maximum Gasteiger partial charge on any atom is 0.312 e. The van der Waals surface area contributed by atoms with Crippen LogP contribution in [0, 0.1) is 6.92 Å². The van der Waals surface area contributed by atoms with Crippen molar-refractivity contribution in [3.8, 4) is 11.5 Å². The third-order valence-corrected chi connectivity index (χ3v) is 4.98. The lowest BCUT2D eigenvalue weighted by Crippen LogP contribution is -2.33. The van der Waals surface area contributed by atoms with Gasteiger partial charge in [0, 0.05) is 16.5 Å². The van der Waals surface area contributed by atoms with Gasteiger partial charge in [-0.3, -0.25) is 9.59 Å². The molecule has 1 aliphatic heterocycles. The molecule has 0 aromatic heterocycles. The Balaban J connectivity index is 2.15. The molecule has 0 radical (unpaired) electrons. The highest BCUT2D eigenvalue weighted by Crippen LogP contribution is 2.48. The minimum atomic E-state index is -0.944. The van der Waals surface area contributed by atoms with Gasteiger partial charge in [-0.2, -0.15) is 0 Å². The van der Waals surface area contributed by atoms with Gasteiger partial charge in [0.1, 0.15) is 18.1 Å². The maximum absolute atomic E-state index is 12.0. The third kappa shape index (κ3) is 3.68. The predicted octanol–water partition coefficient (Wildman–Crippen LogP) is 4.35. The molecule has 1 aliphatic rings. The van der Waals surface area contributed by atoms with E-state index in [4.69, 9.17) is 9.47 Å². The molecule has 1 N–H and O–H groups in total. The maximum atomic E-state index is 12.0. The molecule has 0 spiro atoms. The van der Waals surface area contributed by atoms with Crippen LogP contribution >= 0.6 is 0 Å². The SMILES string of the molecule is Cc1cc2c(c(C(C)C(=O)O)c1OCc1ccccc1)C(C)(C)CC(=O)O2. The van der Waals surface area contributed by atoms with Gasteiger partial charge < -0.3 is 14.6 Å². The molecule has 5 heteroatoms. The molecule has 5 nitrogen and oxygen atoms in total. The first-order valence-electron chi connectivity index (χ1n) is 8.99. The number of aliphatic carboxylic acids is 1. The van der Waals surface area contributed by atoms with E-state index >= 15 is 0 Å². The van der Waals surface area contributed by atoms with E-state index in [0.717, 1.165) is 16.7 Å². The van der Waals surface area contributed by atoms with Crippen LogP contribution in [0.4, 0.5) is 0 Å². The van der Waals surface area contributed by atoms with Crippen LogP contribution in [0.3, 0.4) is 0 Å². The van der Waals surface area contributed by atoms with Gasteiger partial charge in [-0.1, -0.05) is 44.2 Å². The minimum absolute atomic E-state index is 0.195. The third-order valence-electron chi connectivity index (χ3n) is 4.98. The number of carbonyl (C=O) groups excluding carboxylic acids is 1. The molecule has 142 valence electrons. The summed E-state index contributed by atoms with van der Waals surface area (Å²) >= 11 is 0. The molecular weight excluding hydrogens is 344 g/mol. The van der Waals surface area contributed by atoms with Crippen LogP contribution in [-0.4, -0.2) is 17.0 Å². The van der Waals surface area contributed by atoms with E-state index in [2.05, 4.69) is 0 Å². The number of benzene rings is 2. The zero-order valence-corrected chi connectivity index (χ0v) is 16.0. The molecule has 1 atom stereocenters. The number of fused-ring (bicyclic) bond motifs is 1. The van der Waals surface area contributed by atoms with Crippen LogP contribution in [0.2, 0.25) is 0 Å². The number of ether oxygens (including phenoxy) is 2. The number of hydrogen-bond acceptors (Lipinski definition) is 4. The smallest absolute Gasteiger partial charge is 0.312 e. The highest BCUT2D eigenvalue weighted by atomic mass is 16.5. The second-order valence-corrected chi connectivity index (χ2v) is 7.68. The van der Waals surface area contributed by atoms with Crippen molar-refractivity contribution >= 4 is 11.9 Å². The van der Waals surface area contributed by atoms with Gasteiger partial charge in [0.05, 0.1) is 12.3 Å². The highest BCUT2D eigenvalue weighted by molar-refractivity contribution is 5.83. The molecule has 1 unspecified atom stereocenters. The molecule has 0 saturated heterocycles. The number of esters is 1. The monoisotopic (exact) mass is 368 g/mol. The number of hydrogen-bond donors (Lipinski definition) is 1. The van der Waals surface area contributed by atoms with E-state index in [-0.39, 0.29) is 12.4 Å². The Bertz CT molecular complexity index is 883. The first-order chi connectivity index (χ1) is 12.7. The molecule has 0 fully saturated rings. The quantitative estimate of drug-likeness (QED) is 0.627. The van der Waals surface area contributed by atoms with Gasteiger partial charge >= 0.3 is 11.9 Å². The molecule has 0 bridgehead atoms. The van der Waals surface area contributed by atoms with Crippen LogP contribution in [0.1, 0.15) is 55.4 Å². The Kier molecular flexibility index (Phi) is 4.96. The minimum Gasteiger partial charge on any atom is -0.488 e. The second kappa shape index (κ2) is 7.06. The van der Waals surface area contributed by atoms with Crippen molar-refractivity contribution in [3.63, 3.8) is 0 Å². The molecule has 2 aromatic rings. The summed E-state index contributed by atoms with van der Waals surface area (Å²) in [7, 11) is 0. The second-order valence-electron chi connectivity index (χ2n) is 7.68. The van der Waals surface area contributed by atoms with Crippen molar-refractivity contribution in [2.24, 2.45) is 0 Å². The highest BCUT2D eigenvalue weighted by Gasteiger charge is 2.40. The van der Waals surface area contributed by atoms with Crippen LogP contribution in [0.25, 0.3) is 0 Å². The van der Waals surface area contributed by atoms with Crippen molar-refractivity contribution in [2.75, 3.05) is 0 Å². The fourth-order valence-electron chi connectivity index (χ4n) is 3.64. The van der Waals surface area contributed by atoms with Gasteiger partial charge in [0.2, 0.25) is 0 Å². The van der Waals surface area contributed by atoms with Crippen molar-refractivity contribution in [1.29, 1.82) is 0 Å². The van der Waals surface area contributed by atoms with E-state index in [1.54, 1.807) is 13.0 Å². The lowest BCUT2D eigenvalue weighted by Gasteiger charge is -2.35. The van der Waals surface area contributed by atoms with Gasteiger partial charge in [0.25, 0.3) is 0 Å². The van der Waals surface area contributed by atoms with Gasteiger partial charge in [-0.15, -0.1) is 0 Å². The topological polar surface area (TPSA) is 72.8 Å². The lowest BCUT2D eigenvalue weighted by molar-refractivity contribution is -0.138. The summed E-state index contributed by atoms with van der Waals surface area (Å²) in [6.07, 6.45) is 0.195. The summed E-state index contributed by atoms with van der Waals surface area (Å²) < 4.78 is 11.6. The average Bonchev–Trinajstić information content (AvgIpc) is 2.58. The Morgan fingerprint density at radius 1 is 1.30 bits per heavy atom. The molecule has 0 aliphatic carbocycles. The van der Waals surface area contributed by atoms with Crippen molar-refractivity contribution in [3.05, 3.63) is 58.7 Å². The molecule has 1 heterocycles. The summed E-state index contributed by atoms with van der Waals surface area (Å²) in [6, 6.07) is 11.5. The molecule has 3 rings (SSSR count). The fourth-order valence-corrected chi connectivity index (χ4v) is 3.64. The number of rotatable bonds is 5. The fraction of sp³-hybridized carbons (Fsp3) is 0.364. The number of carbonyl (C=O) groups is 2. The molecule has 0 amide bonds. The van der Waals surface area contributed by atoms with Gasteiger partial charge in [-0.05, 0) is 31.0 Å². The first kappa shape index (κ1) is 19.0. The Labute approximate surface area is 158 Å². The van der Waals surface area contributed by atoms with E-state index < -0.39 is 17.3 Å². The predicted molar refractivity (Wildman–Crippen MR) is 101 cm³/mol. The van der Waals surface area contributed by atoms with Crippen molar-refractivity contribution < 1.29 is 24.2 Å². The van der Waals surface area contributed by atoms with Crippen LogP contribution in [0.15, 0.2) is 36.4 Å². The molecule has 27 heavy (non-hydrogen) atoms. The number of aryl methyl sites for hydroxylation is 1. The Morgan fingerprint density at radius 2 is 1.96 bits per heavy atom. The normalized spacial score (nSPS) is 16.2. The Morgan fingerprint density at radius 3 is 2.59 bits per heavy atom. The summed E-state index contributed by atoms with van der Waals surface area (Å²) in [6.45, 7) is 7.68. The first-order valence-corrected chi connectivity index (χ1v) is 8.99. The van der Waals surface area contributed by atoms with E-state index in [1.807, 2.05) is 51.1 Å². The number of carboxylic acid groups (broad SMARTS) is 1. The average molecular weight is 368 g/mol. The molecular formula is C22H24O5. The zero-order chi connectivity index (χ0) is 19.8. The van der Waals surface area contributed by atoms with E-state index in [1.165, 1.54) is 0 Å². The summed E-state index contributed by atoms with van der Waals surface area (Å²) in [5.74, 6) is -1.05. The van der Waals surface area contributed by atoms with E-state index in [9.17, 15) is 14.7 Å². The van der Waals surface area contributed by atoms with Gasteiger partial charge in [0.15, 0.2) is 0 Å². The summed E-state index contributed by atoms with van der Waals surface area (Å²) in [5, 5.41) is 9.70. The van der Waals surface area contributed by atoms with Crippen LogP contribution < -0.4 is 9.47 Å². The van der Waals surface area contributed by atoms with Crippen LogP contribution in [0.5, 0.6) is 11.5 Å². The van der Waals surface area contributed by atoms with Crippen molar-refractivity contribution in [1.82, 2.24) is 0 Å². The van der Waals surface area contributed by atoms with E-state index in [0.29, 0.717) is 23.7 Å². The lowest BCUT2D eigenvalue weighted by atomic mass is 9.74. The Hall–Kier alpha value is -2.82. The van der Waals surface area contributed by atoms with Crippen molar-refractivity contribution in [2.45, 2.75) is 52.1 Å². The summed E-state index contributed by atoms with van der Waals surface area (Å²) in [5.41, 5.74) is 2.53. The summed E-state index contributed by atoms with van der Waals surface area (Å²) in [4.78, 5) is 23.8. The molecule has 0 saturated carbocycles. The number of carboxylic acids is 1.